The Bertz CT molecular complexity index is 364. The predicted molar refractivity (Wildman–Crippen MR) is 76.5 cm³/mol. The largest absolute Gasteiger partial charge is 0.508 e. The molecule has 20 heavy (non-hydrogen) atoms. The third kappa shape index (κ3) is 3.87. The first-order chi connectivity index (χ1) is 9.58. The molecular formula is C16H24O4. The number of rotatable bonds is 0. The smallest absolute Gasteiger partial charge is 0.115 e. The second-order valence-corrected chi connectivity index (χ2v) is 5.84. The van der Waals surface area contributed by atoms with Gasteiger partial charge in [-0.25, -0.2) is 0 Å². The van der Waals surface area contributed by atoms with Crippen molar-refractivity contribution in [2.45, 2.75) is 50.7 Å². The van der Waals surface area contributed by atoms with E-state index in [2.05, 4.69) is 0 Å². The van der Waals surface area contributed by atoms with Gasteiger partial charge in [0.05, 0.1) is 12.2 Å². The molecule has 1 aromatic carbocycles. The van der Waals surface area contributed by atoms with Gasteiger partial charge in [-0.1, -0.05) is 12.8 Å². The summed E-state index contributed by atoms with van der Waals surface area (Å²) < 4.78 is 0. The van der Waals surface area contributed by atoms with Gasteiger partial charge in [-0.15, -0.1) is 0 Å². The molecule has 3 rings (SSSR count). The van der Waals surface area contributed by atoms with Crippen LogP contribution < -0.4 is 0 Å². The predicted octanol–water partition coefficient (Wildman–Crippen LogP) is 2.41. The Hall–Kier alpha value is -1.26. The first-order valence-electron chi connectivity index (χ1n) is 7.42. The summed E-state index contributed by atoms with van der Waals surface area (Å²) in [5.74, 6) is 1.15. The van der Waals surface area contributed by atoms with E-state index >= 15 is 0 Å². The summed E-state index contributed by atoms with van der Waals surface area (Å²) in [5.41, 5.74) is 0. The number of aromatic hydroxyl groups is 2. The lowest BCUT2D eigenvalue weighted by atomic mass is 9.68. The van der Waals surface area contributed by atoms with E-state index in [1.807, 2.05) is 0 Å². The van der Waals surface area contributed by atoms with E-state index in [9.17, 15) is 10.2 Å². The van der Waals surface area contributed by atoms with Gasteiger partial charge in [0.25, 0.3) is 0 Å². The molecule has 1 aromatic rings. The molecule has 2 aliphatic carbocycles. The summed E-state index contributed by atoms with van der Waals surface area (Å²) in [6.45, 7) is 0. The minimum absolute atomic E-state index is 0.126. The molecule has 2 saturated carbocycles. The Kier molecular flexibility index (Phi) is 5.26. The molecular weight excluding hydrogens is 256 g/mol. The van der Waals surface area contributed by atoms with Gasteiger partial charge in [0.1, 0.15) is 11.5 Å². The normalized spacial score (nSPS) is 32.7. The molecule has 0 aliphatic heterocycles. The highest BCUT2D eigenvalue weighted by Crippen LogP contribution is 2.40. The SMILES string of the molecule is OC1CCCC2C(O)CCCC12.Oc1ccc(O)cc1. The lowest BCUT2D eigenvalue weighted by Crippen LogP contribution is -2.41. The number of aliphatic hydroxyl groups excluding tert-OH is 2. The maximum absolute atomic E-state index is 9.71. The number of aliphatic hydroxyl groups is 2. The van der Waals surface area contributed by atoms with Crippen LogP contribution in [-0.4, -0.2) is 32.6 Å². The molecule has 0 amide bonds. The van der Waals surface area contributed by atoms with Gasteiger partial charge in [-0.3, -0.25) is 0 Å². The van der Waals surface area contributed by atoms with Gasteiger partial charge in [0.15, 0.2) is 0 Å². The zero-order chi connectivity index (χ0) is 14.5. The Morgan fingerprint density at radius 3 is 1.35 bits per heavy atom. The van der Waals surface area contributed by atoms with E-state index in [0.717, 1.165) is 38.5 Å². The van der Waals surface area contributed by atoms with Crippen LogP contribution in [0.2, 0.25) is 0 Å². The van der Waals surface area contributed by atoms with E-state index in [-0.39, 0.29) is 23.7 Å². The van der Waals surface area contributed by atoms with Crippen molar-refractivity contribution in [3.63, 3.8) is 0 Å². The molecule has 112 valence electrons. The Morgan fingerprint density at radius 1 is 0.650 bits per heavy atom. The van der Waals surface area contributed by atoms with Crippen LogP contribution in [-0.2, 0) is 0 Å². The standard InChI is InChI=1S/C10H18O2.C6H6O2/c11-9-5-1-3-7-8(9)4-2-6-10(7)12;7-5-1-2-6(8)4-3-5/h7-12H,1-6H2;1-4,7-8H. The van der Waals surface area contributed by atoms with Crippen molar-refractivity contribution in [1.82, 2.24) is 0 Å². The van der Waals surface area contributed by atoms with Gasteiger partial charge in [0.2, 0.25) is 0 Å². The minimum Gasteiger partial charge on any atom is -0.508 e. The molecule has 4 heteroatoms. The van der Waals surface area contributed by atoms with Gasteiger partial charge < -0.3 is 20.4 Å². The fraction of sp³-hybridized carbons (Fsp3) is 0.625. The Morgan fingerprint density at radius 2 is 1.00 bits per heavy atom. The van der Waals surface area contributed by atoms with Crippen LogP contribution >= 0.6 is 0 Å². The van der Waals surface area contributed by atoms with Crippen LogP contribution in [0.15, 0.2) is 24.3 Å². The number of phenols is 2. The molecule has 0 saturated heterocycles. The van der Waals surface area contributed by atoms with Crippen molar-refractivity contribution in [1.29, 1.82) is 0 Å². The summed E-state index contributed by atoms with van der Waals surface area (Å²) in [6.07, 6.45) is 6.10. The van der Waals surface area contributed by atoms with Crippen molar-refractivity contribution in [3.05, 3.63) is 24.3 Å². The Balaban J connectivity index is 0.000000160. The molecule has 0 spiro atoms. The van der Waals surface area contributed by atoms with Crippen molar-refractivity contribution < 1.29 is 20.4 Å². The average Bonchev–Trinajstić information content (AvgIpc) is 2.44. The molecule has 0 bridgehead atoms. The van der Waals surface area contributed by atoms with Crippen LogP contribution in [0.4, 0.5) is 0 Å². The summed E-state index contributed by atoms with van der Waals surface area (Å²) >= 11 is 0. The molecule has 0 heterocycles. The highest BCUT2D eigenvalue weighted by atomic mass is 16.3. The molecule has 4 N–H and O–H groups in total. The molecule has 2 fully saturated rings. The average molecular weight is 280 g/mol. The molecule has 4 unspecified atom stereocenters. The number of phenolic OH excluding ortho intramolecular Hbond substituents is 2. The molecule has 4 atom stereocenters. The lowest BCUT2D eigenvalue weighted by Gasteiger charge is -2.41. The molecule has 4 nitrogen and oxygen atoms in total. The van der Waals surface area contributed by atoms with E-state index in [1.165, 1.54) is 24.3 Å². The third-order valence-corrected chi connectivity index (χ3v) is 4.46. The maximum atomic E-state index is 9.71. The molecule has 0 radical (unpaired) electrons. The van der Waals surface area contributed by atoms with Gasteiger partial charge in [-0.2, -0.15) is 0 Å². The quantitative estimate of drug-likeness (QED) is 0.550. The molecule has 0 aromatic heterocycles. The highest BCUT2D eigenvalue weighted by molar-refractivity contribution is 5.28. The van der Waals surface area contributed by atoms with Crippen LogP contribution in [0, 0.1) is 11.8 Å². The minimum atomic E-state index is -0.126. The highest BCUT2D eigenvalue weighted by Gasteiger charge is 2.38. The number of fused-ring (bicyclic) bond motifs is 1. The van der Waals surface area contributed by atoms with Crippen LogP contribution in [0.5, 0.6) is 11.5 Å². The second kappa shape index (κ2) is 6.95. The molecule has 2 aliphatic rings. The van der Waals surface area contributed by atoms with Crippen molar-refractivity contribution in [2.24, 2.45) is 11.8 Å². The van der Waals surface area contributed by atoms with Gasteiger partial charge >= 0.3 is 0 Å². The van der Waals surface area contributed by atoms with Crippen LogP contribution in [0.1, 0.15) is 38.5 Å². The van der Waals surface area contributed by atoms with Crippen molar-refractivity contribution in [3.8, 4) is 11.5 Å². The van der Waals surface area contributed by atoms with E-state index in [4.69, 9.17) is 10.2 Å². The lowest BCUT2D eigenvalue weighted by molar-refractivity contribution is -0.0529. The zero-order valence-corrected chi connectivity index (χ0v) is 11.7. The number of benzene rings is 1. The summed E-state index contributed by atoms with van der Waals surface area (Å²) in [4.78, 5) is 0. The Labute approximate surface area is 119 Å². The monoisotopic (exact) mass is 280 g/mol. The number of hydrogen-bond acceptors (Lipinski definition) is 4. The van der Waals surface area contributed by atoms with E-state index in [0.29, 0.717) is 11.8 Å². The van der Waals surface area contributed by atoms with Gasteiger partial charge in [0, 0.05) is 0 Å². The number of hydrogen-bond donors (Lipinski definition) is 4. The fourth-order valence-corrected chi connectivity index (χ4v) is 3.39. The summed E-state index contributed by atoms with van der Waals surface area (Å²) in [5, 5.41) is 36.7. The van der Waals surface area contributed by atoms with Crippen molar-refractivity contribution in [2.75, 3.05) is 0 Å². The second-order valence-electron chi connectivity index (χ2n) is 5.84. The van der Waals surface area contributed by atoms with E-state index < -0.39 is 0 Å². The zero-order valence-electron chi connectivity index (χ0n) is 11.7. The van der Waals surface area contributed by atoms with Crippen LogP contribution in [0.25, 0.3) is 0 Å². The third-order valence-electron chi connectivity index (χ3n) is 4.46. The van der Waals surface area contributed by atoms with Crippen LogP contribution in [0.3, 0.4) is 0 Å². The first kappa shape index (κ1) is 15.1. The van der Waals surface area contributed by atoms with Gasteiger partial charge in [-0.05, 0) is 61.8 Å². The first-order valence-corrected chi connectivity index (χ1v) is 7.42. The van der Waals surface area contributed by atoms with Crippen molar-refractivity contribution >= 4 is 0 Å². The maximum Gasteiger partial charge on any atom is 0.115 e. The topological polar surface area (TPSA) is 80.9 Å². The fourth-order valence-electron chi connectivity index (χ4n) is 3.39. The summed E-state index contributed by atoms with van der Waals surface area (Å²) in [7, 11) is 0. The van der Waals surface area contributed by atoms with E-state index in [1.54, 1.807) is 0 Å². The summed E-state index contributed by atoms with van der Waals surface area (Å²) in [6, 6.07) is 5.70.